The van der Waals surface area contributed by atoms with Crippen molar-refractivity contribution in [1.82, 2.24) is 15.6 Å². The molecule has 0 fully saturated rings. The summed E-state index contributed by atoms with van der Waals surface area (Å²) in [5.74, 6) is -1.56. The molecule has 6 rings (SSSR count). The number of aromatic nitrogens is 1. The number of nitrogens with zero attached hydrogens (tertiary/aromatic N) is 2. The maximum Gasteiger partial charge on any atom is 0.273 e. The van der Waals surface area contributed by atoms with Crippen LogP contribution < -0.4 is 19.7 Å². The second-order valence-corrected chi connectivity index (χ2v) is 14.0. The van der Waals surface area contributed by atoms with E-state index in [4.69, 9.17) is 14.1 Å². The second kappa shape index (κ2) is 15.0. The van der Waals surface area contributed by atoms with Gasteiger partial charge in [0, 0.05) is 43.2 Å². The Bertz CT molecular complexity index is 2370. The Kier molecular flexibility index (Phi) is 10.3. The highest BCUT2D eigenvalue weighted by Crippen LogP contribution is 2.41. The minimum atomic E-state index is -3.84. The van der Waals surface area contributed by atoms with Crippen molar-refractivity contribution in [1.29, 1.82) is 0 Å². The van der Waals surface area contributed by atoms with Crippen LogP contribution in [0.15, 0.2) is 108 Å². The van der Waals surface area contributed by atoms with Crippen LogP contribution in [-0.2, 0) is 23.1 Å². The fraction of sp³-hybridized carbons (Fsp3) is 0.154. The molecule has 2 N–H and O–H groups in total. The Hall–Kier alpha value is -6.08. The Balaban J connectivity index is 1.48. The van der Waals surface area contributed by atoms with Crippen LogP contribution in [0.3, 0.4) is 0 Å². The molecule has 0 unspecified atom stereocenters. The fourth-order valence-electron chi connectivity index (χ4n) is 5.60. The van der Waals surface area contributed by atoms with E-state index in [1.807, 2.05) is 30.3 Å². The van der Waals surface area contributed by atoms with Gasteiger partial charge in [-0.3, -0.25) is 13.9 Å². The summed E-state index contributed by atoms with van der Waals surface area (Å²) in [4.78, 5) is 31.8. The summed E-state index contributed by atoms with van der Waals surface area (Å²) in [7, 11) is -1.01. The van der Waals surface area contributed by atoms with Crippen molar-refractivity contribution in [3.05, 3.63) is 137 Å². The van der Waals surface area contributed by atoms with Crippen LogP contribution in [-0.4, -0.2) is 52.1 Å². The molecular formula is C39H34F2N4O6S. The molecule has 0 aliphatic carbocycles. The quantitative estimate of drug-likeness (QED) is 0.143. The highest BCUT2D eigenvalue weighted by Gasteiger charge is 2.27. The Labute approximate surface area is 299 Å². The standard InChI is InChI=1S/C39H34F2N4O6S/c1-42-38(46)35-30-21-29(32(45(2)52(3,48)49)22-34(30)51-37(35)26-11-15-28(41)16-12-26)31-17-18-33(50-23-25-7-5-4-6-8-25)36(44-31)39(47)43-20-19-24-9-13-27(40)14-10-24/h4-18,21-22H,19-20,23H2,1-3H3,(H,42,46)(H,43,47). The van der Waals surface area contributed by atoms with Crippen LogP contribution in [0.1, 0.15) is 32.0 Å². The van der Waals surface area contributed by atoms with Gasteiger partial charge in [-0.05, 0) is 72.1 Å². The summed E-state index contributed by atoms with van der Waals surface area (Å²) in [5.41, 5.74) is 3.00. The Morgan fingerprint density at radius 3 is 2.19 bits per heavy atom. The number of hydrogen-bond donors (Lipinski definition) is 2. The molecule has 0 atom stereocenters. The first kappa shape index (κ1) is 35.7. The third-order valence-corrected chi connectivity index (χ3v) is 9.59. The maximum absolute atomic E-state index is 13.8. The van der Waals surface area contributed by atoms with E-state index in [0.29, 0.717) is 17.4 Å². The van der Waals surface area contributed by atoms with Crippen LogP contribution in [0.2, 0.25) is 0 Å². The zero-order valence-electron chi connectivity index (χ0n) is 28.4. The fourth-order valence-corrected chi connectivity index (χ4v) is 6.11. The Morgan fingerprint density at radius 2 is 1.54 bits per heavy atom. The maximum atomic E-state index is 13.8. The van der Waals surface area contributed by atoms with Crippen LogP contribution >= 0.6 is 0 Å². The second-order valence-electron chi connectivity index (χ2n) is 11.9. The van der Waals surface area contributed by atoms with Crippen LogP contribution in [0.5, 0.6) is 5.75 Å². The van der Waals surface area contributed by atoms with E-state index in [9.17, 15) is 26.8 Å². The molecule has 2 amide bonds. The highest BCUT2D eigenvalue weighted by molar-refractivity contribution is 7.92. The summed E-state index contributed by atoms with van der Waals surface area (Å²) >= 11 is 0. The molecule has 0 aliphatic rings. The minimum absolute atomic E-state index is 0.0636. The van der Waals surface area contributed by atoms with Gasteiger partial charge in [0.2, 0.25) is 10.0 Å². The highest BCUT2D eigenvalue weighted by atomic mass is 32.2. The molecule has 2 heterocycles. The lowest BCUT2D eigenvalue weighted by atomic mass is 10.0. The van der Waals surface area contributed by atoms with Gasteiger partial charge in [0.1, 0.15) is 29.6 Å². The molecular weight excluding hydrogens is 691 g/mol. The number of pyridine rings is 1. The molecule has 0 saturated carbocycles. The zero-order valence-corrected chi connectivity index (χ0v) is 29.3. The summed E-state index contributed by atoms with van der Waals surface area (Å²) in [5, 5.41) is 5.79. The van der Waals surface area contributed by atoms with Crippen molar-refractivity contribution in [2.45, 2.75) is 13.0 Å². The lowest BCUT2D eigenvalue weighted by Gasteiger charge is -2.21. The molecule has 13 heteroatoms. The molecule has 0 saturated heterocycles. The zero-order chi connectivity index (χ0) is 37.0. The minimum Gasteiger partial charge on any atom is -0.486 e. The number of ether oxygens (including phenoxy) is 1. The topological polar surface area (TPSA) is 131 Å². The van der Waals surface area contributed by atoms with Gasteiger partial charge >= 0.3 is 0 Å². The molecule has 10 nitrogen and oxygen atoms in total. The van der Waals surface area contributed by atoms with Gasteiger partial charge in [0.05, 0.1) is 23.2 Å². The van der Waals surface area contributed by atoms with Gasteiger partial charge in [-0.2, -0.15) is 0 Å². The lowest BCUT2D eigenvalue weighted by Crippen LogP contribution is -2.27. The largest absolute Gasteiger partial charge is 0.486 e. The van der Waals surface area contributed by atoms with Gasteiger partial charge in [0.15, 0.2) is 11.4 Å². The van der Waals surface area contributed by atoms with Gasteiger partial charge in [0.25, 0.3) is 11.8 Å². The van der Waals surface area contributed by atoms with Crippen LogP contribution in [0, 0.1) is 11.6 Å². The van der Waals surface area contributed by atoms with E-state index in [2.05, 4.69) is 10.6 Å². The number of carbonyl (C=O) groups excluding carboxylic acids is 2. The number of sulfonamides is 1. The molecule has 0 aliphatic heterocycles. The lowest BCUT2D eigenvalue weighted by molar-refractivity contribution is 0.0941. The van der Waals surface area contributed by atoms with Gasteiger partial charge in [-0.1, -0.05) is 42.5 Å². The smallest absolute Gasteiger partial charge is 0.273 e. The number of halogens is 2. The molecule has 4 aromatic carbocycles. The van der Waals surface area contributed by atoms with Crippen molar-refractivity contribution >= 4 is 38.5 Å². The molecule has 0 bridgehead atoms. The van der Waals surface area contributed by atoms with E-state index in [-0.39, 0.29) is 64.3 Å². The molecule has 52 heavy (non-hydrogen) atoms. The molecule has 0 radical (unpaired) electrons. The average molecular weight is 725 g/mol. The number of benzene rings is 4. The predicted molar refractivity (Wildman–Crippen MR) is 195 cm³/mol. The number of furan rings is 1. The van der Waals surface area contributed by atoms with E-state index < -0.39 is 27.7 Å². The predicted octanol–water partition coefficient (Wildman–Crippen LogP) is 6.75. The molecule has 6 aromatic rings. The summed E-state index contributed by atoms with van der Waals surface area (Å²) in [6.45, 7) is 0.349. The molecule has 2 aromatic heterocycles. The number of fused-ring (bicyclic) bond motifs is 1. The number of anilines is 1. The number of rotatable bonds is 12. The number of amides is 2. The summed E-state index contributed by atoms with van der Waals surface area (Å²) < 4.78 is 66.3. The van der Waals surface area contributed by atoms with Crippen molar-refractivity contribution in [2.75, 3.05) is 31.2 Å². The van der Waals surface area contributed by atoms with Crippen molar-refractivity contribution < 1.29 is 35.9 Å². The molecule has 266 valence electrons. The van der Waals surface area contributed by atoms with E-state index in [1.54, 1.807) is 30.3 Å². The first-order valence-corrected chi connectivity index (χ1v) is 18.0. The summed E-state index contributed by atoms with van der Waals surface area (Å²) in [6.07, 6.45) is 1.46. The van der Waals surface area contributed by atoms with Crippen molar-refractivity contribution in [2.24, 2.45) is 0 Å². The molecule has 0 spiro atoms. The third-order valence-electron chi connectivity index (χ3n) is 8.40. The van der Waals surface area contributed by atoms with Crippen LogP contribution in [0.25, 0.3) is 33.6 Å². The van der Waals surface area contributed by atoms with Gasteiger partial charge in [-0.25, -0.2) is 22.2 Å². The first-order valence-electron chi connectivity index (χ1n) is 16.2. The van der Waals surface area contributed by atoms with Crippen molar-refractivity contribution in [3.63, 3.8) is 0 Å². The third kappa shape index (κ3) is 7.79. The summed E-state index contributed by atoms with van der Waals surface area (Å²) in [6, 6.07) is 27.0. The Morgan fingerprint density at radius 1 is 0.865 bits per heavy atom. The normalized spacial score (nSPS) is 11.3. The van der Waals surface area contributed by atoms with E-state index in [1.165, 1.54) is 56.6 Å². The van der Waals surface area contributed by atoms with Crippen LogP contribution in [0.4, 0.5) is 14.5 Å². The van der Waals surface area contributed by atoms with Gasteiger partial charge < -0.3 is 19.8 Å². The SMILES string of the molecule is CNC(=O)c1c(-c2ccc(F)cc2)oc2cc(N(C)S(C)(=O)=O)c(-c3ccc(OCc4ccccc4)c(C(=O)NCCc4ccc(F)cc4)n3)cc12. The van der Waals surface area contributed by atoms with Crippen molar-refractivity contribution in [3.8, 4) is 28.3 Å². The average Bonchev–Trinajstić information content (AvgIpc) is 3.52. The number of nitrogens with one attached hydrogen (secondary N) is 2. The first-order chi connectivity index (χ1) is 24.9. The number of carbonyl (C=O) groups is 2. The van der Waals surface area contributed by atoms with Gasteiger partial charge in [-0.15, -0.1) is 0 Å². The van der Waals surface area contributed by atoms with E-state index >= 15 is 0 Å². The monoisotopic (exact) mass is 724 g/mol. The van der Waals surface area contributed by atoms with E-state index in [0.717, 1.165) is 21.7 Å². The number of hydrogen-bond acceptors (Lipinski definition) is 7.